The Morgan fingerprint density at radius 1 is 1.21 bits per heavy atom. The van der Waals surface area contributed by atoms with Gasteiger partial charge in [-0.1, -0.05) is 6.07 Å². The largest absolute Gasteiger partial charge is 0.383 e. The van der Waals surface area contributed by atoms with Crippen molar-refractivity contribution in [1.82, 2.24) is 18.7 Å². The van der Waals surface area contributed by atoms with Gasteiger partial charge in [-0.3, -0.25) is 13.9 Å². The lowest BCUT2D eigenvalue weighted by Crippen LogP contribution is -2.37. The van der Waals surface area contributed by atoms with Crippen LogP contribution in [-0.4, -0.2) is 25.2 Å². The van der Waals surface area contributed by atoms with Crippen molar-refractivity contribution in [3.05, 3.63) is 56.7 Å². The molecule has 0 amide bonds. The summed E-state index contributed by atoms with van der Waals surface area (Å²) in [6.45, 7) is 2.65. The highest BCUT2D eigenvalue weighted by molar-refractivity contribution is 5.69. The predicted molar refractivity (Wildman–Crippen MR) is 89.8 cm³/mol. The van der Waals surface area contributed by atoms with E-state index in [9.17, 15) is 14.0 Å². The number of halogens is 1. The minimum absolute atomic E-state index is 0.267. The summed E-state index contributed by atoms with van der Waals surface area (Å²) in [7, 11) is 3.02. The van der Waals surface area contributed by atoms with E-state index >= 15 is 0 Å². The smallest absolute Gasteiger partial charge is 0.332 e. The van der Waals surface area contributed by atoms with Gasteiger partial charge in [0.2, 0.25) is 0 Å². The van der Waals surface area contributed by atoms with Crippen LogP contribution in [0, 0.1) is 12.7 Å². The second-order valence-electron chi connectivity index (χ2n) is 5.71. The van der Waals surface area contributed by atoms with E-state index in [1.165, 1.54) is 24.0 Å². The molecule has 8 heteroatoms. The van der Waals surface area contributed by atoms with Gasteiger partial charge in [0.1, 0.15) is 5.82 Å². The molecule has 2 heterocycles. The summed E-state index contributed by atoms with van der Waals surface area (Å²) in [6, 6.07) is 4.94. The van der Waals surface area contributed by atoms with E-state index in [-0.39, 0.29) is 11.4 Å². The fraction of sp³-hybridized carbons (Fsp3) is 0.312. The van der Waals surface area contributed by atoms with Gasteiger partial charge in [-0.15, -0.1) is 0 Å². The molecule has 0 fully saturated rings. The SMILES string of the molecule is Cc1ccc(NCCn2cnc3c2c(=O)n(C)c(=O)n3C)cc1F. The lowest BCUT2D eigenvalue weighted by molar-refractivity contribution is 0.618. The summed E-state index contributed by atoms with van der Waals surface area (Å²) in [4.78, 5) is 28.4. The van der Waals surface area contributed by atoms with Crippen molar-refractivity contribution >= 4 is 16.9 Å². The van der Waals surface area contributed by atoms with Gasteiger partial charge in [-0.05, 0) is 24.6 Å². The topological polar surface area (TPSA) is 73.8 Å². The molecule has 0 aliphatic rings. The summed E-state index contributed by atoms with van der Waals surface area (Å²) >= 11 is 0. The third-order valence-electron chi connectivity index (χ3n) is 4.07. The van der Waals surface area contributed by atoms with Crippen LogP contribution in [0.1, 0.15) is 5.56 Å². The van der Waals surface area contributed by atoms with Gasteiger partial charge in [-0.2, -0.15) is 0 Å². The van der Waals surface area contributed by atoms with E-state index in [0.717, 1.165) is 4.57 Å². The molecular formula is C16H18FN5O2. The number of hydrogen-bond acceptors (Lipinski definition) is 4. The Hall–Kier alpha value is -2.90. The first-order valence-corrected chi connectivity index (χ1v) is 7.51. The van der Waals surface area contributed by atoms with E-state index < -0.39 is 5.69 Å². The number of nitrogens with zero attached hydrogens (tertiary/aromatic N) is 4. The molecule has 0 saturated heterocycles. The Kier molecular flexibility index (Phi) is 3.96. The van der Waals surface area contributed by atoms with Crippen molar-refractivity contribution in [3.8, 4) is 0 Å². The average molecular weight is 331 g/mol. The fourth-order valence-corrected chi connectivity index (χ4v) is 2.59. The monoisotopic (exact) mass is 331 g/mol. The van der Waals surface area contributed by atoms with Gasteiger partial charge in [0.15, 0.2) is 11.2 Å². The molecule has 0 spiro atoms. The quantitative estimate of drug-likeness (QED) is 0.774. The van der Waals surface area contributed by atoms with Crippen molar-refractivity contribution in [3.63, 3.8) is 0 Å². The van der Waals surface area contributed by atoms with E-state index in [0.29, 0.717) is 35.5 Å². The van der Waals surface area contributed by atoms with E-state index in [1.807, 2.05) is 0 Å². The maximum atomic E-state index is 13.5. The molecule has 0 unspecified atom stereocenters. The maximum Gasteiger partial charge on any atom is 0.332 e. The lowest BCUT2D eigenvalue weighted by atomic mass is 10.2. The number of benzene rings is 1. The molecule has 24 heavy (non-hydrogen) atoms. The molecule has 0 radical (unpaired) electrons. The summed E-state index contributed by atoms with van der Waals surface area (Å²) in [6.07, 6.45) is 1.53. The van der Waals surface area contributed by atoms with E-state index in [2.05, 4.69) is 10.3 Å². The van der Waals surface area contributed by atoms with Crippen molar-refractivity contribution < 1.29 is 4.39 Å². The number of aromatic nitrogens is 4. The third-order valence-corrected chi connectivity index (χ3v) is 4.07. The van der Waals surface area contributed by atoms with Crippen molar-refractivity contribution in [2.45, 2.75) is 13.5 Å². The zero-order valence-corrected chi connectivity index (χ0v) is 13.7. The highest BCUT2D eigenvalue weighted by atomic mass is 19.1. The number of hydrogen-bond donors (Lipinski definition) is 1. The number of imidazole rings is 1. The van der Waals surface area contributed by atoms with Gasteiger partial charge >= 0.3 is 5.69 Å². The first kappa shape index (κ1) is 16.0. The van der Waals surface area contributed by atoms with Crippen molar-refractivity contribution in [2.24, 2.45) is 14.1 Å². The van der Waals surface area contributed by atoms with E-state index in [4.69, 9.17) is 0 Å². The molecule has 0 saturated carbocycles. The molecule has 3 aromatic rings. The van der Waals surface area contributed by atoms with Crippen LogP contribution in [0.2, 0.25) is 0 Å². The molecule has 0 bridgehead atoms. The Balaban J connectivity index is 1.85. The Labute approximate surface area is 137 Å². The average Bonchev–Trinajstić information content (AvgIpc) is 2.98. The fourth-order valence-electron chi connectivity index (χ4n) is 2.59. The van der Waals surface area contributed by atoms with Gasteiger partial charge in [0.05, 0.1) is 6.33 Å². The molecule has 1 N–H and O–H groups in total. The standard InChI is InChI=1S/C16H18FN5O2/c1-10-4-5-11(8-12(10)17)18-6-7-22-9-19-14-13(22)15(23)21(3)16(24)20(14)2/h4-5,8-9,18H,6-7H2,1-3H3. The molecule has 7 nitrogen and oxygen atoms in total. The van der Waals surface area contributed by atoms with Crippen LogP contribution < -0.4 is 16.6 Å². The van der Waals surface area contributed by atoms with Crippen molar-refractivity contribution in [2.75, 3.05) is 11.9 Å². The van der Waals surface area contributed by atoms with Gasteiger partial charge in [-0.25, -0.2) is 14.2 Å². The van der Waals surface area contributed by atoms with Gasteiger partial charge in [0, 0.05) is 32.9 Å². The number of aryl methyl sites for hydroxylation is 2. The Morgan fingerprint density at radius 3 is 2.67 bits per heavy atom. The van der Waals surface area contributed by atoms with Gasteiger partial charge in [0.25, 0.3) is 5.56 Å². The zero-order valence-electron chi connectivity index (χ0n) is 13.7. The van der Waals surface area contributed by atoms with Crippen LogP contribution in [0.5, 0.6) is 0 Å². The minimum atomic E-state index is -0.411. The summed E-state index contributed by atoms with van der Waals surface area (Å²) in [5, 5.41) is 3.11. The lowest BCUT2D eigenvalue weighted by Gasteiger charge is -2.09. The minimum Gasteiger partial charge on any atom is -0.383 e. The van der Waals surface area contributed by atoms with Crippen LogP contribution in [-0.2, 0) is 20.6 Å². The number of fused-ring (bicyclic) bond motifs is 1. The molecule has 126 valence electrons. The predicted octanol–water partition coefficient (Wildman–Crippen LogP) is 0.993. The Morgan fingerprint density at radius 2 is 1.96 bits per heavy atom. The first-order valence-electron chi connectivity index (χ1n) is 7.51. The molecule has 3 rings (SSSR count). The van der Waals surface area contributed by atoms with Crippen LogP contribution >= 0.6 is 0 Å². The highest BCUT2D eigenvalue weighted by Gasteiger charge is 2.13. The molecule has 0 atom stereocenters. The molecule has 1 aromatic carbocycles. The highest BCUT2D eigenvalue weighted by Crippen LogP contribution is 2.13. The van der Waals surface area contributed by atoms with Gasteiger partial charge < -0.3 is 9.88 Å². The number of nitrogens with one attached hydrogen (secondary N) is 1. The summed E-state index contributed by atoms with van der Waals surface area (Å²) in [5.41, 5.74) is 1.19. The molecule has 0 aliphatic heterocycles. The number of anilines is 1. The first-order chi connectivity index (χ1) is 11.4. The molecule has 2 aromatic heterocycles. The number of rotatable bonds is 4. The van der Waals surface area contributed by atoms with Crippen LogP contribution in [0.4, 0.5) is 10.1 Å². The Bertz CT molecular complexity index is 1030. The summed E-state index contributed by atoms with van der Waals surface area (Å²) < 4.78 is 17.6. The van der Waals surface area contributed by atoms with Crippen LogP contribution in [0.25, 0.3) is 11.2 Å². The molecular weight excluding hydrogens is 313 g/mol. The normalized spacial score (nSPS) is 11.2. The van der Waals surface area contributed by atoms with E-state index in [1.54, 1.807) is 30.7 Å². The second kappa shape index (κ2) is 5.95. The second-order valence-corrected chi connectivity index (χ2v) is 5.71. The van der Waals surface area contributed by atoms with Crippen LogP contribution in [0.15, 0.2) is 34.1 Å². The van der Waals surface area contributed by atoms with Crippen molar-refractivity contribution in [1.29, 1.82) is 0 Å². The van der Waals surface area contributed by atoms with Crippen LogP contribution in [0.3, 0.4) is 0 Å². The summed E-state index contributed by atoms with van der Waals surface area (Å²) in [5.74, 6) is -0.267. The maximum absolute atomic E-state index is 13.5. The molecule has 0 aliphatic carbocycles. The zero-order chi connectivity index (χ0) is 17.4. The third kappa shape index (κ3) is 2.60.